The minimum absolute atomic E-state index is 0.709. The molecule has 11 heavy (non-hydrogen) atoms. The molecule has 64 valence electrons. The topological polar surface area (TPSA) is 0 Å². The molecular weight excluding hydrogens is 156 g/mol. The van der Waals surface area contributed by atoms with Crippen molar-refractivity contribution in [3.8, 4) is 0 Å². The summed E-state index contributed by atoms with van der Waals surface area (Å²) in [6.07, 6.45) is 4.25. The van der Waals surface area contributed by atoms with Gasteiger partial charge >= 0.3 is 0 Å². The van der Waals surface area contributed by atoms with Gasteiger partial charge in [0.05, 0.1) is 0 Å². The quantitative estimate of drug-likeness (QED) is 0.574. The van der Waals surface area contributed by atoms with Gasteiger partial charge in [-0.15, -0.1) is 11.6 Å². The van der Waals surface area contributed by atoms with Crippen molar-refractivity contribution in [2.45, 2.75) is 33.1 Å². The SMILES string of the molecule is CCC1(C2CC2C)CC1CCl. The molecule has 0 N–H and O–H groups in total. The van der Waals surface area contributed by atoms with Crippen LogP contribution in [0.2, 0.25) is 0 Å². The molecule has 2 aliphatic carbocycles. The first-order valence-electron chi connectivity index (χ1n) is 4.80. The Bertz CT molecular complexity index is 166. The molecular formula is C10H17Cl. The van der Waals surface area contributed by atoms with Crippen LogP contribution in [0.1, 0.15) is 33.1 Å². The number of hydrogen-bond acceptors (Lipinski definition) is 0. The summed E-state index contributed by atoms with van der Waals surface area (Å²) in [6.45, 7) is 4.71. The fourth-order valence-corrected chi connectivity index (χ4v) is 3.30. The van der Waals surface area contributed by atoms with Crippen LogP contribution in [0.5, 0.6) is 0 Å². The Morgan fingerprint density at radius 1 is 1.55 bits per heavy atom. The van der Waals surface area contributed by atoms with Crippen LogP contribution < -0.4 is 0 Å². The highest BCUT2D eigenvalue weighted by molar-refractivity contribution is 6.18. The molecule has 0 spiro atoms. The van der Waals surface area contributed by atoms with E-state index in [2.05, 4.69) is 13.8 Å². The van der Waals surface area contributed by atoms with Gasteiger partial charge in [-0.1, -0.05) is 13.8 Å². The van der Waals surface area contributed by atoms with Crippen molar-refractivity contribution < 1.29 is 0 Å². The van der Waals surface area contributed by atoms with Crippen molar-refractivity contribution in [1.29, 1.82) is 0 Å². The Hall–Kier alpha value is 0.290. The van der Waals surface area contributed by atoms with Gasteiger partial charge in [-0.2, -0.15) is 0 Å². The summed E-state index contributed by atoms with van der Waals surface area (Å²) < 4.78 is 0. The van der Waals surface area contributed by atoms with Crippen LogP contribution in [-0.4, -0.2) is 5.88 Å². The molecule has 0 saturated heterocycles. The van der Waals surface area contributed by atoms with Gasteiger partial charge in [-0.3, -0.25) is 0 Å². The summed E-state index contributed by atoms with van der Waals surface area (Å²) in [6, 6.07) is 0. The van der Waals surface area contributed by atoms with Gasteiger partial charge in [0.2, 0.25) is 0 Å². The van der Waals surface area contributed by atoms with E-state index in [-0.39, 0.29) is 0 Å². The minimum Gasteiger partial charge on any atom is -0.126 e. The normalized spacial score (nSPS) is 54.3. The molecule has 0 radical (unpaired) electrons. The van der Waals surface area contributed by atoms with E-state index in [4.69, 9.17) is 11.6 Å². The highest BCUT2D eigenvalue weighted by atomic mass is 35.5. The van der Waals surface area contributed by atoms with Crippen molar-refractivity contribution in [3.63, 3.8) is 0 Å². The predicted molar refractivity (Wildman–Crippen MR) is 48.8 cm³/mol. The van der Waals surface area contributed by atoms with Crippen LogP contribution in [0, 0.1) is 23.2 Å². The Morgan fingerprint density at radius 2 is 2.18 bits per heavy atom. The number of halogens is 1. The maximum atomic E-state index is 5.88. The molecule has 0 heterocycles. The second kappa shape index (κ2) is 2.39. The molecule has 4 unspecified atom stereocenters. The largest absolute Gasteiger partial charge is 0.126 e. The molecule has 0 amide bonds. The molecule has 1 heteroatoms. The van der Waals surface area contributed by atoms with E-state index in [1.165, 1.54) is 19.3 Å². The molecule has 4 atom stereocenters. The lowest BCUT2D eigenvalue weighted by Crippen LogP contribution is -2.07. The van der Waals surface area contributed by atoms with E-state index < -0.39 is 0 Å². The molecule has 2 rings (SSSR count). The van der Waals surface area contributed by atoms with Crippen LogP contribution in [0.15, 0.2) is 0 Å². The molecule has 0 bridgehead atoms. The van der Waals surface area contributed by atoms with Crippen molar-refractivity contribution >= 4 is 11.6 Å². The zero-order valence-corrected chi connectivity index (χ0v) is 8.19. The second-order valence-electron chi connectivity index (χ2n) is 4.46. The van der Waals surface area contributed by atoms with Gasteiger partial charge in [0.15, 0.2) is 0 Å². The lowest BCUT2D eigenvalue weighted by atomic mass is 9.93. The van der Waals surface area contributed by atoms with E-state index in [0.717, 1.165) is 23.6 Å². The van der Waals surface area contributed by atoms with Gasteiger partial charge in [-0.05, 0) is 42.4 Å². The second-order valence-corrected chi connectivity index (χ2v) is 4.77. The zero-order valence-electron chi connectivity index (χ0n) is 7.44. The van der Waals surface area contributed by atoms with Crippen molar-refractivity contribution in [2.24, 2.45) is 23.2 Å². The fourth-order valence-electron chi connectivity index (χ4n) is 2.88. The average molecular weight is 173 g/mol. The maximum Gasteiger partial charge on any atom is 0.0257 e. The van der Waals surface area contributed by atoms with Crippen molar-refractivity contribution in [2.75, 3.05) is 5.88 Å². The van der Waals surface area contributed by atoms with E-state index in [1.54, 1.807) is 0 Å². The van der Waals surface area contributed by atoms with Crippen LogP contribution in [0.4, 0.5) is 0 Å². The molecule has 0 aliphatic heterocycles. The third-order valence-corrected chi connectivity index (χ3v) is 4.34. The van der Waals surface area contributed by atoms with Gasteiger partial charge in [0.1, 0.15) is 0 Å². The summed E-state index contributed by atoms with van der Waals surface area (Å²) in [5, 5.41) is 0. The number of alkyl halides is 1. The van der Waals surface area contributed by atoms with Crippen molar-refractivity contribution in [1.82, 2.24) is 0 Å². The third-order valence-electron chi connectivity index (χ3n) is 3.97. The van der Waals surface area contributed by atoms with Gasteiger partial charge in [-0.25, -0.2) is 0 Å². The highest BCUT2D eigenvalue weighted by Crippen LogP contribution is 2.69. The Kier molecular flexibility index (Phi) is 1.72. The Morgan fingerprint density at radius 3 is 2.45 bits per heavy atom. The molecule has 2 fully saturated rings. The molecule has 0 aromatic carbocycles. The summed E-state index contributed by atoms with van der Waals surface area (Å²) in [5.41, 5.74) is 0.709. The first kappa shape index (κ1) is 7.91. The average Bonchev–Trinajstić information content (AvgIpc) is 2.84. The van der Waals surface area contributed by atoms with E-state index >= 15 is 0 Å². The molecule has 0 aromatic rings. The highest BCUT2D eigenvalue weighted by Gasteiger charge is 2.62. The number of rotatable bonds is 3. The van der Waals surface area contributed by atoms with Gasteiger partial charge in [0, 0.05) is 5.88 Å². The summed E-state index contributed by atoms with van der Waals surface area (Å²) in [5.74, 6) is 3.81. The van der Waals surface area contributed by atoms with E-state index in [1.807, 2.05) is 0 Å². The Balaban J connectivity index is 1.98. The number of hydrogen-bond donors (Lipinski definition) is 0. The van der Waals surface area contributed by atoms with Crippen LogP contribution >= 0.6 is 11.6 Å². The minimum atomic E-state index is 0.709. The van der Waals surface area contributed by atoms with Crippen molar-refractivity contribution in [3.05, 3.63) is 0 Å². The predicted octanol–water partition coefficient (Wildman–Crippen LogP) is 3.30. The lowest BCUT2D eigenvalue weighted by Gasteiger charge is -2.12. The lowest BCUT2D eigenvalue weighted by molar-refractivity contribution is 0.372. The smallest absolute Gasteiger partial charge is 0.0257 e. The molecule has 0 nitrogen and oxygen atoms in total. The van der Waals surface area contributed by atoms with Crippen LogP contribution in [0.3, 0.4) is 0 Å². The van der Waals surface area contributed by atoms with Crippen LogP contribution in [-0.2, 0) is 0 Å². The summed E-state index contributed by atoms with van der Waals surface area (Å²) in [7, 11) is 0. The van der Waals surface area contributed by atoms with Gasteiger partial charge in [0.25, 0.3) is 0 Å². The molecule has 2 saturated carbocycles. The zero-order chi connectivity index (χ0) is 8.06. The fraction of sp³-hybridized carbons (Fsp3) is 1.00. The van der Waals surface area contributed by atoms with Crippen LogP contribution in [0.25, 0.3) is 0 Å². The monoisotopic (exact) mass is 172 g/mol. The van der Waals surface area contributed by atoms with E-state index in [0.29, 0.717) is 5.41 Å². The maximum absolute atomic E-state index is 5.88. The first-order valence-corrected chi connectivity index (χ1v) is 5.34. The van der Waals surface area contributed by atoms with E-state index in [9.17, 15) is 0 Å². The standard InChI is InChI=1S/C10H17Cl/c1-3-10(5-8(10)6-11)9-4-7(9)2/h7-9H,3-6H2,1-2H3. The third kappa shape index (κ3) is 1.02. The molecule has 2 aliphatic rings. The summed E-state index contributed by atoms with van der Waals surface area (Å²) in [4.78, 5) is 0. The molecule has 0 aromatic heterocycles. The first-order chi connectivity index (χ1) is 5.24. The van der Waals surface area contributed by atoms with Gasteiger partial charge < -0.3 is 0 Å². The summed E-state index contributed by atoms with van der Waals surface area (Å²) >= 11 is 5.88. The Labute approximate surface area is 74.3 Å².